The van der Waals surface area contributed by atoms with E-state index in [1.54, 1.807) is 0 Å². The Kier molecular flexibility index (Phi) is 10.6. The molecule has 2 heteroatoms. The van der Waals surface area contributed by atoms with Crippen molar-refractivity contribution < 1.29 is 0 Å². The van der Waals surface area contributed by atoms with Gasteiger partial charge in [0.2, 0.25) is 0 Å². The maximum atomic E-state index is 2.36. The van der Waals surface area contributed by atoms with Crippen molar-refractivity contribution in [2.24, 2.45) is 0 Å². The molecule has 0 saturated carbocycles. The Labute approximate surface area is 397 Å². The molecule has 0 unspecified atom stereocenters. The lowest BCUT2D eigenvalue weighted by molar-refractivity contribution is 1.28. The Hall–Kier alpha value is -8.98. The van der Waals surface area contributed by atoms with Crippen LogP contribution in [0.25, 0.3) is 76.8 Å². The number of rotatable bonds is 10. The molecule has 0 heterocycles. The van der Waals surface area contributed by atoms with Crippen molar-refractivity contribution in [2.45, 2.75) is 0 Å². The van der Waals surface area contributed by atoms with Crippen molar-refractivity contribution in [2.75, 3.05) is 9.80 Å². The summed E-state index contributed by atoms with van der Waals surface area (Å²) in [4.78, 5) is 4.67. The highest BCUT2D eigenvalue weighted by molar-refractivity contribution is 6.25. The molecule has 12 aromatic carbocycles. The largest absolute Gasteiger partial charge is 0.311 e. The van der Waals surface area contributed by atoms with Crippen LogP contribution in [-0.2, 0) is 0 Å². The average Bonchev–Trinajstić information content (AvgIpc) is 3.43. The first kappa shape index (κ1) is 40.5. The summed E-state index contributed by atoms with van der Waals surface area (Å²) in [5, 5.41) is 7.72. The summed E-state index contributed by atoms with van der Waals surface area (Å²) in [7, 11) is 0. The molecule has 0 fully saturated rings. The molecule has 0 N–H and O–H groups in total. The number of para-hydroxylation sites is 1. The topological polar surface area (TPSA) is 6.48 Å². The third-order valence-corrected chi connectivity index (χ3v) is 13.3. The van der Waals surface area contributed by atoms with E-state index < -0.39 is 0 Å². The molecule has 0 radical (unpaired) electrons. The maximum Gasteiger partial charge on any atom is 0.0462 e. The van der Waals surface area contributed by atoms with Crippen LogP contribution in [0.4, 0.5) is 34.1 Å². The van der Waals surface area contributed by atoms with Crippen molar-refractivity contribution in [1.82, 2.24) is 0 Å². The molecule has 0 atom stereocenters. The lowest BCUT2D eigenvalue weighted by Gasteiger charge is -2.26. The second-order valence-corrected chi connectivity index (χ2v) is 17.3. The zero-order valence-corrected chi connectivity index (χ0v) is 37.5. The molecule has 0 aliphatic heterocycles. The molecule has 0 spiro atoms. The predicted octanol–water partition coefficient (Wildman–Crippen LogP) is 18.8. The fourth-order valence-electron chi connectivity index (χ4n) is 9.83. The molecule has 68 heavy (non-hydrogen) atoms. The lowest BCUT2D eigenvalue weighted by Crippen LogP contribution is -2.10. The van der Waals surface area contributed by atoms with Crippen molar-refractivity contribution in [3.8, 4) is 44.5 Å². The Balaban J connectivity index is 0.842. The number of benzene rings is 12. The third-order valence-electron chi connectivity index (χ3n) is 13.3. The van der Waals surface area contributed by atoms with Gasteiger partial charge in [0.05, 0.1) is 0 Å². The number of nitrogens with zero attached hydrogens (tertiary/aromatic N) is 2. The Bertz CT molecular complexity index is 3540. The molecule has 12 aromatic rings. The standard InChI is InChI=1S/C66H46N2/c1-4-14-47(15-5-1)49-24-35-58(36-25-49)68(59-37-26-50(27-38-59)48-16-6-2-7-17-48)60-41-30-52(31-42-60)51-28-39-56(40-29-51)67(55-18-8-3-9-19-55)57-43-32-53(33-44-57)54-34-45-65-63-22-11-10-20-61(63)62-21-12-13-23-64(62)66(65)46-54/h1-46H. The van der Waals surface area contributed by atoms with Crippen LogP contribution in [0.1, 0.15) is 0 Å². The first-order valence-corrected chi connectivity index (χ1v) is 23.3. The predicted molar refractivity (Wildman–Crippen MR) is 290 cm³/mol. The summed E-state index contributed by atoms with van der Waals surface area (Å²) in [6.07, 6.45) is 0. The Morgan fingerprint density at radius 3 is 0.706 bits per heavy atom. The van der Waals surface area contributed by atoms with Crippen molar-refractivity contribution in [3.63, 3.8) is 0 Å². The van der Waals surface area contributed by atoms with E-state index in [0.717, 1.165) is 45.3 Å². The highest BCUT2D eigenvalue weighted by atomic mass is 15.1. The highest BCUT2D eigenvalue weighted by Crippen LogP contribution is 2.41. The Morgan fingerprint density at radius 2 is 0.368 bits per heavy atom. The average molecular weight is 867 g/mol. The van der Waals surface area contributed by atoms with Gasteiger partial charge in [-0.05, 0) is 156 Å². The second-order valence-electron chi connectivity index (χ2n) is 17.3. The van der Waals surface area contributed by atoms with Crippen molar-refractivity contribution in [3.05, 3.63) is 279 Å². The van der Waals surface area contributed by atoms with E-state index in [1.807, 2.05) is 0 Å². The zero-order chi connectivity index (χ0) is 45.2. The molecule has 0 aromatic heterocycles. The third kappa shape index (κ3) is 7.74. The number of hydrogen-bond acceptors (Lipinski definition) is 2. The quantitative estimate of drug-likeness (QED) is 0.126. The summed E-state index contributed by atoms with van der Waals surface area (Å²) < 4.78 is 0. The van der Waals surface area contributed by atoms with Gasteiger partial charge in [-0.25, -0.2) is 0 Å². The van der Waals surface area contributed by atoms with Crippen LogP contribution in [0, 0.1) is 0 Å². The molecular formula is C66H46N2. The summed E-state index contributed by atoms with van der Waals surface area (Å²) in [6, 6.07) is 101. The van der Waals surface area contributed by atoms with E-state index in [0.29, 0.717) is 0 Å². The van der Waals surface area contributed by atoms with E-state index in [4.69, 9.17) is 0 Å². The van der Waals surface area contributed by atoms with Gasteiger partial charge >= 0.3 is 0 Å². The van der Waals surface area contributed by atoms with Crippen molar-refractivity contribution >= 4 is 66.4 Å². The smallest absolute Gasteiger partial charge is 0.0462 e. The number of anilines is 6. The summed E-state index contributed by atoms with van der Waals surface area (Å²) in [5.41, 5.74) is 16.1. The SMILES string of the molecule is c1ccc(-c2ccc(N(c3ccc(-c4ccccc4)cc3)c3ccc(-c4ccc(N(c5ccccc5)c5ccc(-c6ccc7c8ccccc8c8ccccc8c7c6)cc5)cc4)cc3)cc2)cc1. The van der Waals surface area contributed by atoms with E-state index >= 15 is 0 Å². The van der Waals surface area contributed by atoms with Crippen LogP contribution >= 0.6 is 0 Å². The molecular weight excluding hydrogens is 821 g/mol. The zero-order valence-electron chi connectivity index (χ0n) is 37.5. The minimum absolute atomic E-state index is 1.09. The van der Waals surface area contributed by atoms with Gasteiger partial charge in [-0.2, -0.15) is 0 Å². The fourth-order valence-corrected chi connectivity index (χ4v) is 9.83. The fraction of sp³-hybridized carbons (Fsp3) is 0. The highest BCUT2D eigenvalue weighted by Gasteiger charge is 2.17. The summed E-state index contributed by atoms with van der Waals surface area (Å²) >= 11 is 0. The van der Waals surface area contributed by atoms with Gasteiger partial charge in [0.15, 0.2) is 0 Å². The first-order valence-electron chi connectivity index (χ1n) is 23.3. The van der Waals surface area contributed by atoms with E-state index in [-0.39, 0.29) is 0 Å². The summed E-state index contributed by atoms with van der Waals surface area (Å²) in [6.45, 7) is 0. The normalized spacial score (nSPS) is 11.2. The number of hydrogen-bond donors (Lipinski definition) is 0. The van der Waals surface area contributed by atoms with Gasteiger partial charge in [0.25, 0.3) is 0 Å². The van der Waals surface area contributed by atoms with Gasteiger partial charge in [0, 0.05) is 34.1 Å². The first-order chi connectivity index (χ1) is 33.7. The molecule has 0 aliphatic rings. The second kappa shape index (κ2) is 17.8. The van der Waals surface area contributed by atoms with Crippen LogP contribution in [0.15, 0.2) is 279 Å². The minimum atomic E-state index is 1.09. The lowest BCUT2D eigenvalue weighted by atomic mass is 9.92. The molecule has 0 amide bonds. The van der Waals surface area contributed by atoms with Crippen LogP contribution in [-0.4, -0.2) is 0 Å². The van der Waals surface area contributed by atoms with Gasteiger partial charge in [0.1, 0.15) is 0 Å². The molecule has 2 nitrogen and oxygen atoms in total. The van der Waals surface area contributed by atoms with Crippen molar-refractivity contribution in [1.29, 1.82) is 0 Å². The Morgan fingerprint density at radius 1 is 0.147 bits per heavy atom. The van der Waals surface area contributed by atoms with Gasteiger partial charge < -0.3 is 9.80 Å². The van der Waals surface area contributed by atoms with Gasteiger partial charge in [-0.15, -0.1) is 0 Å². The molecule has 12 rings (SSSR count). The maximum absolute atomic E-state index is 2.36. The van der Waals surface area contributed by atoms with Crippen LogP contribution < -0.4 is 9.80 Å². The van der Waals surface area contributed by atoms with Gasteiger partial charge in [-0.1, -0.05) is 200 Å². The minimum Gasteiger partial charge on any atom is -0.311 e. The van der Waals surface area contributed by atoms with Gasteiger partial charge in [-0.3, -0.25) is 0 Å². The number of fused-ring (bicyclic) bond motifs is 6. The molecule has 0 aliphatic carbocycles. The summed E-state index contributed by atoms with van der Waals surface area (Å²) in [5.74, 6) is 0. The van der Waals surface area contributed by atoms with Crippen LogP contribution in [0.3, 0.4) is 0 Å². The van der Waals surface area contributed by atoms with Crippen LogP contribution in [0.2, 0.25) is 0 Å². The van der Waals surface area contributed by atoms with E-state index in [2.05, 4.69) is 289 Å². The van der Waals surface area contributed by atoms with E-state index in [9.17, 15) is 0 Å². The molecule has 320 valence electrons. The van der Waals surface area contributed by atoms with Crippen LogP contribution in [0.5, 0.6) is 0 Å². The van der Waals surface area contributed by atoms with E-state index in [1.165, 1.54) is 65.7 Å². The molecule has 0 saturated heterocycles. The monoisotopic (exact) mass is 866 g/mol. The molecule has 0 bridgehead atoms.